The lowest BCUT2D eigenvalue weighted by Crippen LogP contribution is -2.45. The van der Waals surface area contributed by atoms with Crippen molar-refractivity contribution in [1.82, 2.24) is 20.2 Å². The lowest BCUT2D eigenvalue weighted by atomic mass is 10.1. The molecule has 0 aliphatic carbocycles. The standard InChI is InChI=1S/C23H29N5O4/c1-30-15-4-5-17(18(12-15)25-8-11-28-9-6-24-7-10-28)22-26-19-13-16(31-2)14-20(32-3)21(19)23(29)27-22/h4-5,12-14,24-25H,6-11H2,1-3H3,(H,26,27,29). The maximum atomic E-state index is 12.9. The second kappa shape index (κ2) is 9.88. The predicted molar refractivity (Wildman–Crippen MR) is 125 cm³/mol. The summed E-state index contributed by atoms with van der Waals surface area (Å²) >= 11 is 0. The van der Waals surface area contributed by atoms with E-state index >= 15 is 0 Å². The van der Waals surface area contributed by atoms with E-state index < -0.39 is 0 Å². The Labute approximate surface area is 186 Å². The number of fused-ring (bicyclic) bond motifs is 1. The molecule has 0 radical (unpaired) electrons. The Morgan fingerprint density at radius 3 is 2.53 bits per heavy atom. The van der Waals surface area contributed by atoms with Gasteiger partial charge in [-0.25, -0.2) is 4.98 Å². The average Bonchev–Trinajstić information content (AvgIpc) is 2.83. The molecule has 1 saturated heterocycles. The minimum atomic E-state index is -0.271. The van der Waals surface area contributed by atoms with E-state index in [9.17, 15) is 4.79 Å². The molecule has 1 aliphatic rings. The molecule has 170 valence electrons. The SMILES string of the molecule is COc1ccc(-c2nc3cc(OC)cc(OC)c3c(=O)[nH]2)c(NCCN2CCNCC2)c1. The molecule has 0 spiro atoms. The fraction of sp³-hybridized carbons (Fsp3) is 0.391. The molecule has 3 aromatic rings. The molecule has 0 atom stereocenters. The average molecular weight is 440 g/mol. The van der Waals surface area contributed by atoms with E-state index in [1.165, 1.54) is 7.11 Å². The third-order valence-corrected chi connectivity index (χ3v) is 5.64. The minimum Gasteiger partial charge on any atom is -0.497 e. The molecule has 2 heterocycles. The number of hydrogen-bond donors (Lipinski definition) is 3. The summed E-state index contributed by atoms with van der Waals surface area (Å²) in [6.07, 6.45) is 0. The third kappa shape index (κ3) is 4.63. The molecule has 2 aromatic carbocycles. The Bertz CT molecular complexity index is 1140. The smallest absolute Gasteiger partial charge is 0.262 e. The van der Waals surface area contributed by atoms with Gasteiger partial charge in [-0.1, -0.05) is 0 Å². The van der Waals surface area contributed by atoms with Crippen LogP contribution in [0.1, 0.15) is 0 Å². The zero-order valence-corrected chi connectivity index (χ0v) is 18.7. The molecular formula is C23H29N5O4. The van der Waals surface area contributed by atoms with Crippen LogP contribution in [-0.4, -0.2) is 75.5 Å². The fourth-order valence-electron chi connectivity index (χ4n) is 3.90. The first-order valence-electron chi connectivity index (χ1n) is 10.6. The van der Waals surface area contributed by atoms with Gasteiger partial charge in [0.1, 0.15) is 28.5 Å². The van der Waals surface area contributed by atoms with Crippen LogP contribution in [0.15, 0.2) is 35.1 Å². The first kappa shape index (κ1) is 21.9. The number of aromatic amines is 1. The number of hydrogen-bond acceptors (Lipinski definition) is 8. The summed E-state index contributed by atoms with van der Waals surface area (Å²) in [5, 5.41) is 7.25. The Hall–Kier alpha value is -3.30. The van der Waals surface area contributed by atoms with Crippen molar-refractivity contribution in [3.05, 3.63) is 40.7 Å². The normalized spacial score (nSPS) is 14.3. The van der Waals surface area contributed by atoms with Crippen molar-refractivity contribution in [2.75, 3.05) is 65.9 Å². The number of ether oxygens (including phenoxy) is 3. The first-order valence-corrected chi connectivity index (χ1v) is 10.6. The Morgan fingerprint density at radius 2 is 1.81 bits per heavy atom. The molecule has 9 nitrogen and oxygen atoms in total. The molecule has 1 aliphatic heterocycles. The summed E-state index contributed by atoms with van der Waals surface area (Å²) in [4.78, 5) is 23.0. The van der Waals surface area contributed by atoms with Crippen LogP contribution in [0.3, 0.4) is 0 Å². The van der Waals surface area contributed by atoms with Gasteiger partial charge in [-0.2, -0.15) is 0 Å². The maximum absolute atomic E-state index is 12.9. The molecule has 9 heteroatoms. The number of H-pyrrole nitrogens is 1. The van der Waals surface area contributed by atoms with Crippen molar-refractivity contribution < 1.29 is 14.2 Å². The van der Waals surface area contributed by atoms with Crippen molar-refractivity contribution in [3.8, 4) is 28.6 Å². The fourth-order valence-corrected chi connectivity index (χ4v) is 3.90. The number of anilines is 1. The lowest BCUT2D eigenvalue weighted by Gasteiger charge is -2.27. The van der Waals surface area contributed by atoms with Gasteiger partial charge in [0.05, 0.1) is 26.8 Å². The van der Waals surface area contributed by atoms with Crippen LogP contribution in [0, 0.1) is 0 Å². The minimum absolute atomic E-state index is 0.271. The Kier molecular flexibility index (Phi) is 6.77. The van der Waals surface area contributed by atoms with Crippen molar-refractivity contribution in [1.29, 1.82) is 0 Å². The third-order valence-electron chi connectivity index (χ3n) is 5.64. The summed E-state index contributed by atoms with van der Waals surface area (Å²) in [6.45, 7) is 5.79. The summed E-state index contributed by atoms with van der Waals surface area (Å²) in [6, 6.07) is 9.08. The van der Waals surface area contributed by atoms with Gasteiger partial charge in [0.25, 0.3) is 5.56 Å². The van der Waals surface area contributed by atoms with E-state index in [1.54, 1.807) is 26.4 Å². The van der Waals surface area contributed by atoms with Crippen LogP contribution >= 0.6 is 0 Å². The predicted octanol–water partition coefficient (Wildman–Crippen LogP) is 1.93. The zero-order chi connectivity index (χ0) is 22.5. The molecule has 32 heavy (non-hydrogen) atoms. The van der Waals surface area contributed by atoms with Gasteiger partial charge in [-0.05, 0) is 12.1 Å². The van der Waals surface area contributed by atoms with E-state index in [1.807, 2.05) is 18.2 Å². The lowest BCUT2D eigenvalue weighted by molar-refractivity contribution is 0.249. The summed E-state index contributed by atoms with van der Waals surface area (Å²) in [5.74, 6) is 2.18. The van der Waals surface area contributed by atoms with Crippen LogP contribution in [0.25, 0.3) is 22.3 Å². The van der Waals surface area contributed by atoms with E-state index in [0.29, 0.717) is 28.2 Å². The molecule has 0 amide bonds. The molecule has 1 fully saturated rings. The number of methoxy groups -OCH3 is 3. The van der Waals surface area contributed by atoms with E-state index in [-0.39, 0.29) is 5.56 Å². The molecule has 3 N–H and O–H groups in total. The maximum Gasteiger partial charge on any atom is 0.262 e. The highest BCUT2D eigenvalue weighted by atomic mass is 16.5. The molecule has 0 bridgehead atoms. The van der Waals surface area contributed by atoms with Crippen LogP contribution in [0.5, 0.6) is 17.2 Å². The van der Waals surface area contributed by atoms with Gasteiger partial charge >= 0.3 is 0 Å². The Balaban J connectivity index is 1.69. The van der Waals surface area contributed by atoms with Gasteiger partial charge in [-0.15, -0.1) is 0 Å². The number of piperazine rings is 1. The molecule has 0 unspecified atom stereocenters. The highest BCUT2D eigenvalue weighted by Crippen LogP contribution is 2.32. The number of benzene rings is 2. The second-order valence-electron chi connectivity index (χ2n) is 7.57. The highest BCUT2D eigenvalue weighted by Gasteiger charge is 2.16. The van der Waals surface area contributed by atoms with Gasteiger partial charge < -0.3 is 29.8 Å². The van der Waals surface area contributed by atoms with E-state index in [0.717, 1.165) is 56.3 Å². The quantitative estimate of drug-likeness (QED) is 0.490. The van der Waals surface area contributed by atoms with Crippen molar-refractivity contribution in [2.45, 2.75) is 0 Å². The van der Waals surface area contributed by atoms with Gasteiger partial charge in [-0.3, -0.25) is 9.69 Å². The monoisotopic (exact) mass is 439 g/mol. The molecule has 0 saturated carbocycles. The Morgan fingerprint density at radius 1 is 1.03 bits per heavy atom. The van der Waals surface area contributed by atoms with Crippen LogP contribution < -0.4 is 30.4 Å². The highest BCUT2D eigenvalue weighted by molar-refractivity contribution is 5.88. The van der Waals surface area contributed by atoms with Crippen LogP contribution in [0.2, 0.25) is 0 Å². The van der Waals surface area contributed by atoms with Crippen molar-refractivity contribution in [2.24, 2.45) is 0 Å². The van der Waals surface area contributed by atoms with E-state index in [4.69, 9.17) is 19.2 Å². The second-order valence-corrected chi connectivity index (χ2v) is 7.57. The first-order chi connectivity index (χ1) is 15.6. The summed E-state index contributed by atoms with van der Waals surface area (Å²) in [5.41, 5.74) is 1.86. The van der Waals surface area contributed by atoms with Gasteiger partial charge in [0.15, 0.2) is 0 Å². The number of rotatable bonds is 8. The topological polar surface area (TPSA) is 101 Å². The van der Waals surface area contributed by atoms with Crippen LogP contribution in [0.4, 0.5) is 5.69 Å². The van der Waals surface area contributed by atoms with E-state index in [2.05, 4.69) is 20.5 Å². The number of aromatic nitrogens is 2. The zero-order valence-electron chi connectivity index (χ0n) is 18.7. The van der Waals surface area contributed by atoms with Crippen LogP contribution in [-0.2, 0) is 0 Å². The number of nitrogens with one attached hydrogen (secondary N) is 3. The molecule has 4 rings (SSSR count). The summed E-state index contributed by atoms with van der Waals surface area (Å²) < 4.78 is 16.1. The molecule has 1 aromatic heterocycles. The number of nitrogens with zero attached hydrogens (tertiary/aromatic N) is 2. The largest absolute Gasteiger partial charge is 0.497 e. The van der Waals surface area contributed by atoms with Crippen molar-refractivity contribution in [3.63, 3.8) is 0 Å². The summed E-state index contributed by atoms with van der Waals surface area (Å²) in [7, 11) is 4.72. The molecular weight excluding hydrogens is 410 g/mol. The van der Waals surface area contributed by atoms with Crippen molar-refractivity contribution >= 4 is 16.6 Å². The van der Waals surface area contributed by atoms with Gasteiger partial charge in [0, 0.05) is 68.7 Å². The van der Waals surface area contributed by atoms with Gasteiger partial charge in [0.2, 0.25) is 0 Å².